The number of nitrogens with zero attached hydrogens (tertiary/aromatic N) is 1. The van der Waals surface area contributed by atoms with E-state index in [1.165, 1.54) is 0 Å². The van der Waals surface area contributed by atoms with Gasteiger partial charge in [0.1, 0.15) is 0 Å². The maximum Gasteiger partial charge on any atom is 0.233 e. The standard InChI is InChI=1S/C8H17N3O2/c1-9-8(13)5-11(2)6-3-10-4-7(6)12/h6-7,10,12H,3-5H2,1-2H3,(H,9,13). The highest BCUT2D eigenvalue weighted by molar-refractivity contribution is 5.77. The van der Waals surface area contributed by atoms with Crippen LogP contribution < -0.4 is 10.6 Å². The minimum atomic E-state index is -0.366. The van der Waals surface area contributed by atoms with Crippen LogP contribution in [0, 0.1) is 0 Å². The van der Waals surface area contributed by atoms with Crippen LogP contribution >= 0.6 is 0 Å². The molecule has 1 heterocycles. The highest BCUT2D eigenvalue weighted by Crippen LogP contribution is 2.06. The first kappa shape index (κ1) is 10.4. The summed E-state index contributed by atoms with van der Waals surface area (Å²) < 4.78 is 0. The van der Waals surface area contributed by atoms with Gasteiger partial charge in [0.05, 0.1) is 12.6 Å². The molecule has 5 nitrogen and oxygen atoms in total. The molecule has 3 N–H and O–H groups in total. The summed E-state index contributed by atoms with van der Waals surface area (Å²) in [4.78, 5) is 12.9. The second kappa shape index (κ2) is 4.55. The third-order valence-electron chi connectivity index (χ3n) is 2.39. The lowest BCUT2D eigenvalue weighted by Gasteiger charge is -2.25. The van der Waals surface area contributed by atoms with Gasteiger partial charge in [-0.2, -0.15) is 0 Å². The predicted molar refractivity (Wildman–Crippen MR) is 49.4 cm³/mol. The summed E-state index contributed by atoms with van der Waals surface area (Å²) in [5.74, 6) is -0.0263. The number of rotatable bonds is 3. The Kier molecular flexibility index (Phi) is 3.65. The van der Waals surface area contributed by atoms with E-state index in [9.17, 15) is 9.90 Å². The van der Waals surface area contributed by atoms with Gasteiger partial charge in [0.2, 0.25) is 5.91 Å². The Hall–Kier alpha value is -0.650. The Bertz CT molecular complexity index is 186. The van der Waals surface area contributed by atoms with Crippen LogP contribution in [-0.4, -0.2) is 61.8 Å². The molecule has 0 spiro atoms. The van der Waals surface area contributed by atoms with Crippen LogP contribution in [0.3, 0.4) is 0 Å². The topological polar surface area (TPSA) is 64.6 Å². The van der Waals surface area contributed by atoms with Crippen LogP contribution in [0.25, 0.3) is 0 Å². The van der Waals surface area contributed by atoms with E-state index >= 15 is 0 Å². The fourth-order valence-corrected chi connectivity index (χ4v) is 1.52. The quantitative estimate of drug-likeness (QED) is 0.478. The highest BCUT2D eigenvalue weighted by atomic mass is 16.3. The fraction of sp³-hybridized carbons (Fsp3) is 0.875. The minimum absolute atomic E-state index is 0.0263. The molecule has 2 unspecified atom stereocenters. The number of hydrogen-bond donors (Lipinski definition) is 3. The van der Waals surface area contributed by atoms with Crippen molar-refractivity contribution in [2.75, 3.05) is 33.7 Å². The van der Waals surface area contributed by atoms with Crippen molar-refractivity contribution >= 4 is 5.91 Å². The van der Waals surface area contributed by atoms with Gasteiger partial charge >= 0.3 is 0 Å². The average molecular weight is 187 g/mol. The van der Waals surface area contributed by atoms with Crippen LogP contribution in [-0.2, 0) is 4.79 Å². The molecule has 0 aromatic rings. The highest BCUT2D eigenvalue weighted by Gasteiger charge is 2.28. The zero-order valence-corrected chi connectivity index (χ0v) is 8.08. The van der Waals surface area contributed by atoms with Gasteiger partial charge in [0, 0.05) is 26.2 Å². The molecule has 1 rings (SSSR count). The lowest BCUT2D eigenvalue weighted by Crippen LogP contribution is -2.45. The van der Waals surface area contributed by atoms with E-state index in [1.807, 2.05) is 11.9 Å². The van der Waals surface area contributed by atoms with Gasteiger partial charge in [-0.1, -0.05) is 0 Å². The molecule has 76 valence electrons. The minimum Gasteiger partial charge on any atom is -0.390 e. The normalized spacial score (nSPS) is 28.0. The summed E-state index contributed by atoms with van der Waals surface area (Å²) in [6.07, 6.45) is -0.366. The van der Waals surface area contributed by atoms with E-state index in [1.54, 1.807) is 7.05 Å². The maximum absolute atomic E-state index is 11.0. The van der Waals surface area contributed by atoms with Crippen LogP contribution in [0.15, 0.2) is 0 Å². The number of amides is 1. The van der Waals surface area contributed by atoms with Crippen molar-refractivity contribution < 1.29 is 9.90 Å². The van der Waals surface area contributed by atoms with Crippen molar-refractivity contribution in [2.24, 2.45) is 0 Å². The number of nitrogens with one attached hydrogen (secondary N) is 2. The van der Waals surface area contributed by atoms with E-state index in [-0.39, 0.29) is 18.1 Å². The van der Waals surface area contributed by atoms with E-state index < -0.39 is 0 Å². The first-order valence-corrected chi connectivity index (χ1v) is 4.44. The molecule has 0 radical (unpaired) electrons. The molecule has 0 bridgehead atoms. The predicted octanol–water partition coefficient (Wildman–Crippen LogP) is -2.00. The SMILES string of the molecule is CNC(=O)CN(C)C1CNCC1O. The van der Waals surface area contributed by atoms with Crippen molar-refractivity contribution in [3.63, 3.8) is 0 Å². The van der Waals surface area contributed by atoms with Gasteiger partial charge in [-0.3, -0.25) is 9.69 Å². The van der Waals surface area contributed by atoms with E-state index in [2.05, 4.69) is 10.6 Å². The second-order valence-electron chi connectivity index (χ2n) is 3.38. The Morgan fingerprint density at radius 2 is 2.38 bits per heavy atom. The molecule has 0 aliphatic carbocycles. The molecular formula is C8H17N3O2. The first-order chi connectivity index (χ1) is 6.15. The number of hydrogen-bond acceptors (Lipinski definition) is 4. The molecule has 2 atom stereocenters. The smallest absolute Gasteiger partial charge is 0.233 e. The molecule has 5 heteroatoms. The van der Waals surface area contributed by atoms with Crippen LogP contribution in [0.1, 0.15) is 0 Å². The second-order valence-corrected chi connectivity index (χ2v) is 3.38. The number of aliphatic hydroxyl groups is 1. The van der Waals surface area contributed by atoms with Gasteiger partial charge < -0.3 is 15.7 Å². The summed E-state index contributed by atoms with van der Waals surface area (Å²) in [5.41, 5.74) is 0. The van der Waals surface area contributed by atoms with Crippen molar-refractivity contribution in [3.05, 3.63) is 0 Å². The Labute approximate surface area is 78.1 Å². The number of aliphatic hydroxyl groups excluding tert-OH is 1. The van der Waals surface area contributed by atoms with Crippen LogP contribution in [0.4, 0.5) is 0 Å². The number of β-amino-alcohol motifs (C(OH)–C–C–N with tert-alkyl or cyclic N) is 1. The van der Waals surface area contributed by atoms with E-state index in [4.69, 9.17) is 0 Å². The molecule has 0 saturated carbocycles. The molecule has 1 fully saturated rings. The van der Waals surface area contributed by atoms with Gasteiger partial charge in [-0.15, -0.1) is 0 Å². The summed E-state index contributed by atoms with van der Waals surface area (Å²) >= 11 is 0. The molecule has 1 aliphatic heterocycles. The summed E-state index contributed by atoms with van der Waals surface area (Å²) in [6.45, 7) is 1.69. The van der Waals surface area contributed by atoms with Gasteiger partial charge in [0.25, 0.3) is 0 Å². The lowest BCUT2D eigenvalue weighted by molar-refractivity contribution is -0.122. The Balaban J connectivity index is 2.38. The number of carbonyl (C=O) groups is 1. The van der Waals surface area contributed by atoms with Crippen molar-refractivity contribution in [1.82, 2.24) is 15.5 Å². The Morgan fingerprint density at radius 3 is 2.85 bits per heavy atom. The Morgan fingerprint density at radius 1 is 1.69 bits per heavy atom. The molecular weight excluding hydrogens is 170 g/mol. The molecule has 1 aliphatic rings. The van der Waals surface area contributed by atoms with Crippen LogP contribution in [0.5, 0.6) is 0 Å². The third-order valence-corrected chi connectivity index (χ3v) is 2.39. The van der Waals surface area contributed by atoms with Crippen LogP contribution in [0.2, 0.25) is 0 Å². The van der Waals surface area contributed by atoms with Crippen molar-refractivity contribution in [3.8, 4) is 0 Å². The monoisotopic (exact) mass is 187 g/mol. The number of carbonyl (C=O) groups excluding carboxylic acids is 1. The molecule has 1 saturated heterocycles. The fourth-order valence-electron chi connectivity index (χ4n) is 1.52. The summed E-state index contributed by atoms with van der Waals surface area (Å²) in [5, 5.41) is 15.1. The van der Waals surface area contributed by atoms with Crippen molar-refractivity contribution in [2.45, 2.75) is 12.1 Å². The molecule has 0 aromatic carbocycles. The molecule has 0 aromatic heterocycles. The summed E-state index contributed by atoms with van der Waals surface area (Å²) in [6, 6.07) is 0.0531. The first-order valence-electron chi connectivity index (χ1n) is 4.44. The number of likely N-dealkylation sites (N-methyl/N-ethyl adjacent to an activating group) is 2. The van der Waals surface area contributed by atoms with Gasteiger partial charge in [-0.25, -0.2) is 0 Å². The third kappa shape index (κ3) is 2.65. The average Bonchev–Trinajstić information content (AvgIpc) is 2.51. The van der Waals surface area contributed by atoms with Crippen molar-refractivity contribution in [1.29, 1.82) is 0 Å². The van der Waals surface area contributed by atoms with Gasteiger partial charge in [0.15, 0.2) is 0 Å². The largest absolute Gasteiger partial charge is 0.390 e. The lowest BCUT2D eigenvalue weighted by atomic mass is 10.2. The van der Waals surface area contributed by atoms with Gasteiger partial charge in [-0.05, 0) is 7.05 Å². The van der Waals surface area contributed by atoms with E-state index in [0.29, 0.717) is 13.1 Å². The zero-order valence-electron chi connectivity index (χ0n) is 8.08. The maximum atomic E-state index is 11.0. The molecule has 1 amide bonds. The zero-order chi connectivity index (χ0) is 9.84. The molecule has 13 heavy (non-hydrogen) atoms. The summed E-state index contributed by atoms with van der Waals surface area (Å²) in [7, 11) is 3.45. The van der Waals surface area contributed by atoms with E-state index in [0.717, 1.165) is 6.54 Å².